The molecule has 0 radical (unpaired) electrons. The van der Waals surface area contributed by atoms with E-state index in [0.29, 0.717) is 17.0 Å². The van der Waals surface area contributed by atoms with Gasteiger partial charge in [-0.3, -0.25) is 4.79 Å². The van der Waals surface area contributed by atoms with Gasteiger partial charge in [0.1, 0.15) is 0 Å². The molecule has 0 saturated heterocycles. The van der Waals surface area contributed by atoms with Gasteiger partial charge in [0.2, 0.25) is 5.91 Å². The lowest BCUT2D eigenvalue weighted by Gasteiger charge is -2.12. The third-order valence-corrected chi connectivity index (χ3v) is 4.51. The number of halogens is 2. The molecule has 7 heteroatoms. The molecule has 1 atom stereocenters. The van der Waals surface area contributed by atoms with E-state index < -0.39 is 22.9 Å². The van der Waals surface area contributed by atoms with E-state index in [1.54, 1.807) is 31.2 Å². The summed E-state index contributed by atoms with van der Waals surface area (Å²) in [5.74, 6) is -2.51. The Hall–Kier alpha value is -2.41. The quantitative estimate of drug-likeness (QED) is 0.628. The molecule has 1 amide bonds. The van der Waals surface area contributed by atoms with E-state index in [0.717, 1.165) is 29.5 Å². The average Bonchev–Trinajstić information content (AvgIpc) is 2.62. The van der Waals surface area contributed by atoms with E-state index in [1.165, 1.54) is 13.2 Å². The molecule has 0 aliphatic heterocycles. The average molecular weight is 365 g/mol. The van der Waals surface area contributed by atoms with Gasteiger partial charge in [0, 0.05) is 11.4 Å². The second kappa shape index (κ2) is 8.62. The maximum Gasteiger partial charge on any atom is 0.337 e. The van der Waals surface area contributed by atoms with Gasteiger partial charge in [-0.15, -0.1) is 11.8 Å². The minimum Gasteiger partial charge on any atom is -0.465 e. The molecule has 132 valence electrons. The second-order valence-electron chi connectivity index (χ2n) is 5.24. The van der Waals surface area contributed by atoms with Crippen LogP contribution in [0.25, 0.3) is 0 Å². The van der Waals surface area contributed by atoms with Crippen molar-refractivity contribution in [2.75, 3.05) is 7.11 Å². The van der Waals surface area contributed by atoms with Crippen molar-refractivity contribution < 1.29 is 23.1 Å². The first-order chi connectivity index (χ1) is 11.9. The van der Waals surface area contributed by atoms with Crippen molar-refractivity contribution in [3.8, 4) is 0 Å². The first-order valence-corrected chi connectivity index (χ1v) is 8.35. The molecular weight excluding hydrogens is 348 g/mol. The van der Waals surface area contributed by atoms with Gasteiger partial charge in [0.25, 0.3) is 0 Å². The zero-order chi connectivity index (χ0) is 18.4. The summed E-state index contributed by atoms with van der Waals surface area (Å²) in [6.45, 7) is 1.98. The number of carbonyl (C=O) groups is 2. The molecule has 0 aliphatic rings. The summed E-state index contributed by atoms with van der Waals surface area (Å²) in [7, 11) is 1.31. The summed E-state index contributed by atoms with van der Waals surface area (Å²) in [4.78, 5) is 23.9. The summed E-state index contributed by atoms with van der Waals surface area (Å²) in [5, 5.41) is 2.29. The highest BCUT2D eigenvalue weighted by Crippen LogP contribution is 2.25. The Morgan fingerprint density at radius 3 is 2.40 bits per heavy atom. The van der Waals surface area contributed by atoms with Crippen LogP contribution in [0.3, 0.4) is 0 Å². The zero-order valence-electron chi connectivity index (χ0n) is 13.7. The third kappa shape index (κ3) is 5.29. The third-order valence-electron chi connectivity index (χ3n) is 3.41. The van der Waals surface area contributed by atoms with Gasteiger partial charge >= 0.3 is 5.97 Å². The number of methoxy groups -OCH3 is 1. The van der Waals surface area contributed by atoms with Crippen LogP contribution in [0.15, 0.2) is 47.4 Å². The van der Waals surface area contributed by atoms with Crippen LogP contribution in [0, 0.1) is 11.6 Å². The highest BCUT2D eigenvalue weighted by Gasteiger charge is 2.15. The number of rotatable bonds is 6. The monoisotopic (exact) mass is 365 g/mol. The number of thioether (sulfide) groups is 1. The smallest absolute Gasteiger partial charge is 0.337 e. The van der Waals surface area contributed by atoms with E-state index in [4.69, 9.17) is 0 Å². The molecule has 25 heavy (non-hydrogen) atoms. The fraction of sp³-hybridized carbons (Fsp3) is 0.222. The standard InChI is InChI=1S/C18H17F2NO3S/c1-11(25-14-7-8-15(19)16(20)9-14)17(22)21-10-12-3-5-13(6-4-12)18(23)24-2/h3-9,11H,10H2,1-2H3,(H,21,22)/t11-/m0/s1. The van der Waals surface area contributed by atoms with E-state index in [1.807, 2.05) is 0 Å². The van der Waals surface area contributed by atoms with E-state index >= 15 is 0 Å². The highest BCUT2D eigenvalue weighted by atomic mass is 32.2. The van der Waals surface area contributed by atoms with Crippen molar-refractivity contribution in [3.05, 3.63) is 65.2 Å². The maximum atomic E-state index is 13.2. The van der Waals surface area contributed by atoms with Crippen LogP contribution < -0.4 is 5.32 Å². The molecule has 0 saturated carbocycles. The highest BCUT2D eigenvalue weighted by molar-refractivity contribution is 8.00. The molecule has 0 aromatic heterocycles. The molecular formula is C18H17F2NO3S. The van der Waals surface area contributed by atoms with Crippen molar-refractivity contribution in [1.82, 2.24) is 5.32 Å². The Morgan fingerprint density at radius 2 is 1.80 bits per heavy atom. The van der Waals surface area contributed by atoms with Crippen LogP contribution in [0.5, 0.6) is 0 Å². The second-order valence-corrected chi connectivity index (χ2v) is 6.66. The number of amides is 1. The van der Waals surface area contributed by atoms with Gasteiger partial charge in [0.15, 0.2) is 11.6 Å². The number of carbonyl (C=O) groups excluding carboxylic acids is 2. The largest absolute Gasteiger partial charge is 0.465 e. The Balaban J connectivity index is 1.88. The molecule has 4 nitrogen and oxygen atoms in total. The van der Waals surface area contributed by atoms with Crippen molar-refractivity contribution in [1.29, 1.82) is 0 Å². The minimum atomic E-state index is -0.941. The Labute approximate surface area is 148 Å². The fourth-order valence-corrected chi connectivity index (χ4v) is 2.93. The summed E-state index contributed by atoms with van der Waals surface area (Å²) in [6.07, 6.45) is 0. The van der Waals surface area contributed by atoms with E-state index in [-0.39, 0.29) is 5.91 Å². The number of hydrogen-bond acceptors (Lipinski definition) is 4. The van der Waals surface area contributed by atoms with Gasteiger partial charge in [-0.25, -0.2) is 13.6 Å². The van der Waals surface area contributed by atoms with Crippen molar-refractivity contribution in [3.63, 3.8) is 0 Å². The van der Waals surface area contributed by atoms with Crippen molar-refractivity contribution in [2.45, 2.75) is 23.6 Å². The topological polar surface area (TPSA) is 55.4 Å². The molecule has 2 rings (SSSR count). The van der Waals surface area contributed by atoms with Crippen LogP contribution >= 0.6 is 11.8 Å². The summed E-state index contributed by atoms with van der Waals surface area (Å²) >= 11 is 1.14. The SMILES string of the molecule is COC(=O)c1ccc(CNC(=O)[C@H](C)Sc2ccc(F)c(F)c2)cc1. The lowest BCUT2D eigenvalue weighted by Crippen LogP contribution is -2.30. The number of hydrogen-bond donors (Lipinski definition) is 1. The summed E-state index contributed by atoms with van der Waals surface area (Å²) < 4.78 is 30.7. The van der Waals surface area contributed by atoms with Crippen molar-refractivity contribution in [2.24, 2.45) is 0 Å². The summed E-state index contributed by atoms with van der Waals surface area (Å²) in [5.41, 5.74) is 1.26. The van der Waals surface area contributed by atoms with Crippen LogP contribution in [0.1, 0.15) is 22.8 Å². The van der Waals surface area contributed by atoms with Gasteiger partial charge in [0.05, 0.1) is 17.9 Å². The Kier molecular flexibility index (Phi) is 6.52. The molecule has 0 aliphatic carbocycles. The molecule has 2 aromatic rings. The molecule has 1 N–H and O–H groups in total. The van der Waals surface area contributed by atoms with Crippen LogP contribution in [0.4, 0.5) is 8.78 Å². The van der Waals surface area contributed by atoms with Crippen LogP contribution in [-0.2, 0) is 16.1 Å². The predicted molar refractivity (Wildman–Crippen MR) is 91.3 cm³/mol. The lowest BCUT2D eigenvalue weighted by atomic mass is 10.1. The predicted octanol–water partition coefficient (Wildman–Crippen LogP) is 3.55. The van der Waals surface area contributed by atoms with E-state index in [2.05, 4.69) is 10.1 Å². The first-order valence-electron chi connectivity index (χ1n) is 7.47. The minimum absolute atomic E-state index is 0.230. The van der Waals surface area contributed by atoms with Gasteiger partial charge in [-0.05, 0) is 42.8 Å². The Morgan fingerprint density at radius 1 is 1.12 bits per heavy atom. The Bertz CT molecular complexity index is 765. The molecule has 0 bridgehead atoms. The lowest BCUT2D eigenvalue weighted by molar-refractivity contribution is -0.120. The summed E-state index contributed by atoms with van der Waals surface area (Å²) in [6, 6.07) is 10.2. The van der Waals surface area contributed by atoms with Gasteiger partial charge in [-0.2, -0.15) is 0 Å². The van der Waals surface area contributed by atoms with Gasteiger partial charge < -0.3 is 10.1 Å². The number of nitrogens with one attached hydrogen (secondary N) is 1. The van der Waals surface area contributed by atoms with E-state index in [9.17, 15) is 18.4 Å². The molecule has 2 aromatic carbocycles. The molecule has 0 heterocycles. The number of benzene rings is 2. The van der Waals surface area contributed by atoms with Crippen molar-refractivity contribution >= 4 is 23.6 Å². The normalized spacial score (nSPS) is 11.7. The molecule has 0 unspecified atom stereocenters. The zero-order valence-corrected chi connectivity index (χ0v) is 14.5. The maximum absolute atomic E-state index is 13.2. The molecule has 0 spiro atoms. The number of esters is 1. The van der Waals surface area contributed by atoms with Crippen LogP contribution in [0.2, 0.25) is 0 Å². The van der Waals surface area contributed by atoms with Crippen LogP contribution in [-0.4, -0.2) is 24.2 Å². The fourth-order valence-electron chi connectivity index (χ4n) is 2.02. The number of ether oxygens (including phenoxy) is 1. The first kappa shape index (κ1) is 18.9. The van der Waals surface area contributed by atoms with Gasteiger partial charge in [-0.1, -0.05) is 12.1 Å². The molecule has 0 fully saturated rings.